The molecular formula is C20H23N3O4S. The molecule has 0 aliphatic rings. The van der Waals surface area contributed by atoms with Crippen molar-refractivity contribution < 1.29 is 19.1 Å². The van der Waals surface area contributed by atoms with Gasteiger partial charge < -0.3 is 9.47 Å². The number of methoxy groups -OCH3 is 1. The fourth-order valence-electron chi connectivity index (χ4n) is 2.34. The van der Waals surface area contributed by atoms with Crippen LogP contribution >= 0.6 is 12.2 Å². The predicted octanol–water partition coefficient (Wildman–Crippen LogP) is 2.53. The number of benzene rings is 2. The highest BCUT2D eigenvalue weighted by Crippen LogP contribution is 2.25. The van der Waals surface area contributed by atoms with E-state index >= 15 is 0 Å². The zero-order valence-corrected chi connectivity index (χ0v) is 16.8. The molecule has 0 heterocycles. The molecule has 8 heteroatoms. The van der Waals surface area contributed by atoms with Crippen molar-refractivity contribution in [1.82, 2.24) is 16.2 Å². The number of rotatable bonds is 6. The first-order valence-corrected chi connectivity index (χ1v) is 9.07. The summed E-state index contributed by atoms with van der Waals surface area (Å²) in [4.78, 5) is 24.0. The first kappa shape index (κ1) is 21.2. The van der Waals surface area contributed by atoms with Gasteiger partial charge in [-0.15, -0.1) is 0 Å². The molecule has 0 aromatic heterocycles. The van der Waals surface area contributed by atoms with Gasteiger partial charge in [-0.25, -0.2) is 0 Å². The molecule has 2 aromatic carbocycles. The molecule has 2 aromatic rings. The summed E-state index contributed by atoms with van der Waals surface area (Å²) in [6.07, 6.45) is 0. The fraction of sp³-hybridized carbons (Fsp3) is 0.250. The van der Waals surface area contributed by atoms with Crippen molar-refractivity contribution in [3.63, 3.8) is 0 Å². The van der Waals surface area contributed by atoms with E-state index in [0.717, 1.165) is 5.56 Å². The van der Waals surface area contributed by atoms with E-state index in [9.17, 15) is 9.59 Å². The van der Waals surface area contributed by atoms with E-state index < -0.39 is 11.8 Å². The van der Waals surface area contributed by atoms with Gasteiger partial charge in [0.25, 0.3) is 11.8 Å². The van der Waals surface area contributed by atoms with Crippen LogP contribution in [0.15, 0.2) is 48.5 Å². The molecular weight excluding hydrogens is 378 g/mol. The van der Waals surface area contributed by atoms with Gasteiger partial charge >= 0.3 is 0 Å². The summed E-state index contributed by atoms with van der Waals surface area (Å²) in [6, 6.07) is 14.1. The van der Waals surface area contributed by atoms with E-state index in [2.05, 4.69) is 16.2 Å². The molecule has 0 fully saturated rings. The minimum atomic E-state index is -0.431. The molecule has 3 N–H and O–H groups in total. The fourth-order valence-corrected chi connectivity index (χ4v) is 2.49. The van der Waals surface area contributed by atoms with Crippen LogP contribution < -0.4 is 25.6 Å². The molecule has 0 saturated carbocycles. The smallest absolute Gasteiger partial charge is 0.276 e. The Bertz CT molecular complexity index is 838. The Morgan fingerprint density at radius 3 is 2.36 bits per heavy atom. The van der Waals surface area contributed by atoms with Crippen LogP contribution in [0.3, 0.4) is 0 Å². The van der Waals surface area contributed by atoms with E-state index in [4.69, 9.17) is 21.7 Å². The monoisotopic (exact) mass is 401 g/mol. The molecule has 2 amide bonds. The topological polar surface area (TPSA) is 88.7 Å². The predicted molar refractivity (Wildman–Crippen MR) is 110 cm³/mol. The summed E-state index contributed by atoms with van der Waals surface area (Å²) in [5.41, 5.74) is 6.29. The van der Waals surface area contributed by atoms with Gasteiger partial charge in [0, 0.05) is 5.56 Å². The maximum Gasteiger partial charge on any atom is 0.276 e. The summed E-state index contributed by atoms with van der Waals surface area (Å²) in [7, 11) is 1.54. The zero-order valence-electron chi connectivity index (χ0n) is 15.9. The molecule has 0 aliphatic carbocycles. The van der Waals surface area contributed by atoms with E-state index in [1.165, 1.54) is 0 Å². The van der Waals surface area contributed by atoms with E-state index in [0.29, 0.717) is 17.1 Å². The van der Waals surface area contributed by atoms with Crippen LogP contribution in [0.5, 0.6) is 11.5 Å². The third kappa shape index (κ3) is 6.24. The van der Waals surface area contributed by atoms with Gasteiger partial charge in [0.2, 0.25) is 0 Å². The van der Waals surface area contributed by atoms with Gasteiger partial charge in [-0.05, 0) is 54.0 Å². The minimum absolute atomic E-state index is 0.0308. The molecule has 2 rings (SSSR count). The van der Waals surface area contributed by atoms with E-state index in [1.54, 1.807) is 31.4 Å². The van der Waals surface area contributed by atoms with Crippen molar-refractivity contribution in [2.45, 2.75) is 19.8 Å². The Morgan fingerprint density at radius 1 is 1.04 bits per heavy atom. The highest BCUT2D eigenvalue weighted by molar-refractivity contribution is 7.80. The second-order valence-electron chi connectivity index (χ2n) is 6.17. The normalized spacial score (nSPS) is 10.1. The third-order valence-corrected chi connectivity index (χ3v) is 4.00. The summed E-state index contributed by atoms with van der Waals surface area (Å²) in [5, 5.41) is 2.44. The van der Waals surface area contributed by atoms with Crippen LogP contribution in [0.25, 0.3) is 0 Å². The second-order valence-corrected chi connectivity index (χ2v) is 6.57. The van der Waals surface area contributed by atoms with Gasteiger partial charge in [0.05, 0.1) is 7.11 Å². The van der Waals surface area contributed by atoms with Crippen LogP contribution in [-0.2, 0) is 4.79 Å². The highest BCUT2D eigenvalue weighted by Gasteiger charge is 2.11. The van der Waals surface area contributed by atoms with Crippen molar-refractivity contribution in [1.29, 1.82) is 0 Å². The number of thiocarbonyl (C=S) groups is 1. The summed E-state index contributed by atoms with van der Waals surface area (Å²) in [6.45, 7) is 3.91. The number of carbonyl (C=O) groups excluding carboxylic acids is 2. The van der Waals surface area contributed by atoms with E-state index in [1.807, 2.05) is 38.1 Å². The van der Waals surface area contributed by atoms with Crippen molar-refractivity contribution >= 4 is 29.1 Å². The number of para-hydroxylation sites is 1. The summed E-state index contributed by atoms with van der Waals surface area (Å²) >= 11 is 5.01. The molecule has 0 atom stereocenters. The number of hydrazine groups is 1. The Labute approximate surface area is 169 Å². The first-order chi connectivity index (χ1) is 13.4. The third-order valence-electron chi connectivity index (χ3n) is 3.79. The van der Waals surface area contributed by atoms with Gasteiger partial charge in [0.1, 0.15) is 11.5 Å². The number of amides is 2. The van der Waals surface area contributed by atoms with Gasteiger partial charge in [-0.3, -0.25) is 25.8 Å². The van der Waals surface area contributed by atoms with Crippen molar-refractivity contribution in [2.24, 2.45) is 0 Å². The number of nitrogens with one attached hydrogen (secondary N) is 3. The van der Waals surface area contributed by atoms with Crippen LogP contribution in [-0.4, -0.2) is 30.6 Å². The quantitative estimate of drug-likeness (QED) is 0.509. The Morgan fingerprint density at radius 2 is 1.71 bits per heavy atom. The molecule has 148 valence electrons. The van der Waals surface area contributed by atoms with Crippen molar-refractivity contribution in [3.8, 4) is 11.5 Å². The number of ether oxygens (including phenoxy) is 2. The molecule has 0 aliphatic heterocycles. The number of carbonyl (C=O) groups is 2. The summed E-state index contributed by atoms with van der Waals surface area (Å²) in [5.74, 6) is 0.737. The van der Waals surface area contributed by atoms with Crippen LogP contribution in [0.2, 0.25) is 0 Å². The maximum absolute atomic E-state index is 12.1. The minimum Gasteiger partial charge on any atom is -0.497 e. The lowest BCUT2D eigenvalue weighted by Gasteiger charge is -2.14. The van der Waals surface area contributed by atoms with Crippen LogP contribution in [0.1, 0.15) is 35.7 Å². The molecule has 0 unspecified atom stereocenters. The van der Waals surface area contributed by atoms with Gasteiger partial charge in [0.15, 0.2) is 11.7 Å². The largest absolute Gasteiger partial charge is 0.497 e. The van der Waals surface area contributed by atoms with Crippen LogP contribution in [0.4, 0.5) is 0 Å². The molecule has 28 heavy (non-hydrogen) atoms. The van der Waals surface area contributed by atoms with Gasteiger partial charge in [-0.2, -0.15) is 0 Å². The lowest BCUT2D eigenvalue weighted by Crippen LogP contribution is -2.49. The molecule has 0 bridgehead atoms. The van der Waals surface area contributed by atoms with Gasteiger partial charge in [-0.1, -0.05) is 32.0 Å². The first-order valence-electron chi connectivity index (χ1n) is 8.66. The molecule has 0 saturated heterocycles. The maximum atomic E-state index is 12.1. The molecule has 0 radical (unpaired) electrons. The summed E-state index contributed by atoms with van der Waals surface area (Å²) < 4.78 is 10.6. The zero-order chi connectivity index (χ0) is 20.5. The van der Waals surface area contributed by atoms with Crippen molar-refractivity contribution in [2.75, 3.05) is 13.7 Å². The molecule has 7 nitrogen and oxygen atoms in total. The molecule has 0 spiro atoms. The number of hydrogen-bond donors (Lipinski definition) is 3. The Hall–Kier alpha value is -3.13. The van der Waals surface area contributed by atoms with E-state index in [-0.39, 0.29) is 17.6 Å². The Kier molecular flexibility index (Phi) is 7.76. The highest BCUT2D eigenvalue weighted by atomic mass is 32.1. The Balaban J connectivity index is 1.77. The SMILES string of the molecule is COc1ccc(C(=O)NC(=S)NNC(=O)COc2ccccc2C(C)C)cc1. The van der Waals surface area contributed by atoms with Crippen molar-refractivity contribution in [3.05, 3.63) is 59.7 Å². The number of hydrogen-bond acceptors (Lipinski definition) is 5. The second kappa shape index (κ2) is 10.3. The van der Waals surface area contributed by atoms with Crippen LogP contribution in [0, 0.1) is 0 Å². The lowest BCUT2D eigenvalue weighted by atomic mass is 10.0. The standard InChI is InChI=1S/C20H23N3O4S/c1-13(2)16-6-4-5-7-17(16)27-12-18(24)22-23-20(28)21-19(25)14-8-10-15(26-3)11-9-14/h4-11,13H,12H2,1-3H3,(H,22,24)(H2,21,23,25,28). The average molecular weight is 401 g/mol. The average Bonchev–Trinajstić information content (AvgIpc) is 2.70. The lowest BCUT2D eigenvalue weighted by molar-refractivity contribution is -0.123.